The lowest BCUT2D eigenvalue weighted by Crippen LogP contribution is -1.97. The van der Waals surface area contributed by atoms with Crippen molar-refractivity contribution >= 4 is 16.6 Å². The highest BCUT2D eigenvalue weighted by molar-refractivity contribution is 6.01. The number of ether oxygens (including phenoxy) is 1. The Balaban J connectivity index is 2.36. The first-order valence-electron chi connectivity index (χ1n) is 6.24. The topological polar surface area (TPSA) is 53.3 Å². The quantitative estimate of drug-likeness (QED) is 0.780. The predicted octanol–water partition coefficient (Wildman–Crippen LogP) is 3.51. The molecule has 0 amide bonds. The minimum absolute atomic E-state index is 0.779. The molecule has 0 bridgehead atoms. The van der Waals surface area contributed by atoms with Crippen LogP contribution in [0.15, 0.2) is 41.2 Å². The van der Waals surface area contributed by atoms with Gasteiger partial charge in [0.2, 0.25) is 0 Å². The zero-order valence-electron chi connectivity index (χ0n) is 11.0. The van der Waals surface area contributed by atoms with Crippen molar-refractivity contribution in [2.75, 3.05) is 12.8 Å². The number of aromatic nitrogens is 1. The molecule has 3 rings (SSSR count). The Kier molecular flexibility index (Phi) is 2.71. The van der Waals surface area contributed by atoms with E-state index in [1.165, 1.54) is 0 Å². The maximum Gasteiger partial charge on any atom is 0.120 e. The first kappa shape index (κ1) is 11.7. The molecule has 2 N–H and O–H groups in total. The summed E-state index contributed by atoms with van der Waals surface area (Å²) in [7, 11) is 1.67. The SMILES string of the molecule is CCn1c(-c2ccoc2)c(N)c2ccc(OC)cc21. The van der Waals surface area contributed by atoms with Crippen molar-refractivity contribution in [3.05, 3.63) is 36.8 Å². The van der Waals surface area contributed by atoms with Gasteiger partial charge in [-0.05, 0) is 25.1 Å². The lowest BCUT2D eigenvalue weighted by molar-refractivity contribution is 0.415. The molecule has 1 aromatic carbocycles. The summed E-state index contributed by atoms with van der Waals surface area (Å²) in [5.74, 6) is 0.832. The summed E-state index contributed by atoms with van der Waals surface area (Å²) in [5, 5.41) is 1.04. The van der Waals surface area contributed by atoms with Crippen molar-refractivity contribution in [2.45, 2.75) is 13.5 Å². The van der Waals surface area contributed by atoms with E-state index >= 15 is 0 Å². The number of fused-ring (bicyclic) bond motifs is 1. The van der Waals surface area contributed by atoms with E-state index in [0.29, 0.717) is 0 Å². The van der Waals surface area contributed by atoms with Gasteiger partial charge in [-0.3, -0.25) is 0 Å². The van der Waals surface area contributed by atoms with E-state index in [-0.39, 0.29) is 0 Å². The summed E-state index contributed by atoms with van der Waals surface area (Å²) in [4.78, 5) is 0. The molecule has 2 heterocycles. The molecular formula is C15H16N2O2. The first-order chi connectivity index (χ1) is 9.26. The second-order valence-electron chi connectivity index (χ2n) is 4.40. The number of hydrogen-bond donors (Lipinski definition) is 1. The summed E-state index contributed by atoms with van der Waals surface area (Å²) >= 11 is 0. The smallest absolute Gasteiger partial charge is 0.120 e. The van der Waals surface area contributed by atoms with Crippen molar-refractivity contribution in [2.24, 2.45) is 0 Å². The Morgan fingerprint density at radius 3 is 2.79 bits per heavy atom. The Hall–Kier alpha value is -2.36. The number of aryl methyl sites for hydroxylation is 1. The third kappa shape index (κ3) is 1.68. The van der Waals surface area contributed by atoms with Gasteiger partial charge in [0, 0.05) is 23.6 Å². The lowest BCUT2D eigenvalue weighted by atomic mass is 10.2. The maximum atomic E-state index is 6.29. The molecule has 0 fully saturated rings. The number of anilines is 1. The summed E-state index contributed by atoms with van der Waals surface area (Å²) in [5.41, 5.74) is 10.1. The molecule has 0 aliphatic carbocycles. The fourth-order valence-electron chi connectivity index (χ4n) is 2.52. The summed E-state index contributed by atoms with van der Waals surface area (Å²) in [6.07, 6.45) is 3.38. The molecule has 0 saturated heterocycles. The second kappa shape index (κ2) is 4.39. The van der Waals surface area contributed by atoms with Gasteiger partial charge in [0.05, 0.1) is 36.5 Å². The molecule has 0 saturated carbocycles. The van der Waals surface area contributed by atoms with Crippen LogP contribution in [0.3, 0.4) is 0 Å². The van der Waals surface area contributed by atoms with Gasteiger partial charge in [-0.25, -0.2) is 0 Å². The molecule has 0 aliphatic rings. The fourth-order valence-corrected chi connectivity index (χ4v) is 2.52. The predicted molar refractivity (Wildman–Crippen MR) is 76.3 cm³/mol. The molecule has 4 heteroatoms. The number of methoxy groups -OCH3 is 1. The van der Waals surface area contributed by atoms with Crippen molar-refractivity contribution in [1.82, 2.24) is 4.57 Å². The van der Waals surface area contributed by atoms with Crippen LogP contribution in [0.1, 0.15) is 6.92 Å². The number of benzene rings is 1. The van der Waals surface area contributed by atoms with Crippen LogP contribution in [0.25, 0.3) is 22.2 Å². The number of rotatable bonds is 3. The molecule has 3 aromatic rings. The van der Waals surface area contributed by atoms with Gasteiger partial charge in [-0.1, -0.05) is 0 Å². The highest BCUT2D eigenvalue weighted by atomic mass is 16.5. The van der Waals surface area contributed by atoms with Gasteiger partial charge in [-0.15, -0.1) is 0 Å². The van der Waals surface area contributed by atoms with E-state index in [1.54, 1.807) is 19.6 Å². The minimum Gasteiger partial charge on any atom is -0.497 e. The van der Waals surface area contributed by atoms with Gasteiger partial charge >= 0.3 is 0 Å². The summed E-state index contributed by atoms with van der Waals surface area (Å²) in [6, 6.07) is 7.86. The number of hydrogen-bond acceptors (Lipinski definition) is 3. The van der Waals surface area contributed by atoms with Crippen molar-refractivity contribution < 1.29 is 9.15 Å². The van der Waals surface area contributed by atoms with Crippen LogP contribution in [0.5, 0.6) is 5.75 Å². The molecular weight excluding hydrogens is 240 g/mol. The third-order valence-electron chi connectivity index (χ3n) is 3.42. The molecule has 4 nitrogen and oxygen atoms in total. The molecule has 0 spiro atoms. The lowest BCUT2D eigenvalue weighted by Gasteiger charge is -2.07. The molecule has 2 aromatic heterocycles. The Morgan fingerprint density at radius 2 is 2.16 bits per heavy atom. The standard InChI is InChI=1S/C15H16N2O2/c1-3-17-13-8-11(18-2)4-5-12(13)14(16)15(17)10-6-7-19-9-10/h4-9H,3,16H2,1-2H3. The third-order valence-corrected chi connectivity index (χ3v) is 3.42. The highest BCUT2D eigenvalue weighted by Crippen LogP contribution is 2.37. The Labute approximate surface area is 111 Å². The van der Waals surface area contributed by atoms with Crippen molar-refractivity contribution in [1.29, 1.82) is 0 Å². The number of furan rings is 1. The number of nitrogens with two attached hydrogens (primary N) is 1. The summed E-state index contributed by atoms with van der Waals surface area (Å²) in [6.45, 7) is 2.93. The van der Waals surface area contributed by atoms with Gasteiger partial charge in [0.1, 0.15) is 5.75 Å². The van der Waals surface area contributed by atoms with E-state index < -0.39 is 0 Å². The molecule has 0 unspecified atom stereocenters. The molecule has 98 valence electrons. The van der Waals surface area contributed by atoms with E-state index in [1.807, 2.05) is 24.3 Å². The Bertz CT molecular complexity index is 711. The maximum absolute atomic E-state index is 6.29. The van der Waals surface area contributed by atoms with Crippen molar-refractivity contribution in [3.8, 4) is 17.0 Å². The van der Waals surface area contributed by atoms with E-state index in [9.17, 15) is 0 Å². The molecule has 0 radical (unpaired) electrons. The number of nitrogen functional groups attached to an aromatic ring is 1. The van der Waals surface area contributed by atoms with Crippen LogP contribution in [-0.4, -0.2) is 11.7 Å². The van der Waals surface area contributed by atoms with E-state index in [2.05, 4.69) is 11.5 Å². The molecule has 0 aliphatic heterocycles. The van der Waals surface area contributed by atoms with E-state index in [4.69, 9.17) is 14.9 Å². The molecule has 19 heavy (non-hydrogen) atoms. The summed E-state index contributed by atoms with van der Waals surface area (Å²) < 4.78 is 12.6. The van der Waals surface area contributed by atoms with Crippen LogP contribution < -0.4 is 10.5 Å². The van der Waals surface area contributed by atoms with Gasteiger partial charge in [0.15, 0.2) is 0 Å². The fraction of sp³-hybridized carbons (Fsp3) is 0.200. The van der Waals surface area contributed by atoms with Crippen LogP contribution in [0, 0.1) is 0 Å². The van der Waals surface area contributed by atoms with Crippen LogP contribution in [0.4, 0.5) is 5.69 Å². The monoisotopic (exact) mass is 256 g/mol. The average molecular weight is 256 g/mol. The normalized spacial score (nSPS) is 11.1. The first-order valence-corrected chi connectivity index (χ1v) is 6.24. The van der Waals surface area contributed by atoms with Crippen LogP contribution in [-0.2, 0) is 6.54 Å². The number of nitrogens with zero attached hydrogens (tertiary/aromatic N) is 1. The minimum atomic E-state index is 0.779. The largest absolute Gasteiger partial charge is 0.497 e. The van der Waals surface area contributed by atoms with E-state index in [0.717, 1.165) is 40.1 Å². The zero-order valence-corrected chi connectivity index (χ0v) is 11.0. The van der Waals surface area contributed by atoms with Gasteiger partial charge < -0.3 is 19.5 Å². The average Bonchev–Trinajstić information content (AvgIpc) is 3.04. The van der Waals surface area contributed by atoms with Crippen LogP contribution in [0.2, 0.25) is 0 Å². The Morgan fingerprint density at radius 1 is 1.32 bits per heavy atom. The molecule has 0 atom stereocenters. The van der Waals surface area contributed by atoms with Gasteiger partial charge in [-0.2, -0.15) is 0 Å². The van der Waals surface area contributed by atoms with Crippen LogP contribution >= 0.6 is 0 Å². The highest BCUT2D eigenvalue weighted by Gasteiger charge is 2.16. The van der Waals surface area contributed by atoms with Gasteiger partial charge in [0.25, 0.3) is 0 Å². The second-order valence-corrected chi connectivity index (χ2v) is 4.40. The van der Waals surface area contributed by atoms with Crippen molar-refractivity contribution in [3.63, 3.8) is 0 Å². The zero-order chi connectivity index (χ0) is 13.4.